The van der Waals surface area contributed by atoms with Crippen molar-refractivity contribution < 1.29 is 19.4 Å². The summed E-state index contributed by atoms with van der Waals surface area (Å²) in [6.07, 6.45) is 2.55. The zero-order valence-corrected chi connectivity index (χ0v) is 24.1. The number of primary amides is 1. The van der Waals surface area contributed by atoms with Gasteiger partial charge in [0.05, 0.1) is 5.41 Å². The maximum atomic E-state index is 11.9. The van der Waals surface area contributed by atoms with Crippen LogP contribution in [0.5, 0.6) is 5.75 Å². The van der Waals surface area contributed by atoms with Gasteiger partial charge in [0.2, 0.25) is 5.91 Å². The van der Waals surface area contributed by atoms with Gasteiger partial charge < -0.3 is 15.6 Å². The molecule has 0 heterocycles. The first-order valence-corrected chi connectivity index (χ1v) is 13.0. The van der Waals surface area contributed by atoms with E-state index in [0.717, 1.165) is 24.8 Å². The lowest BCUT2D eigenvalue weighted by Crippen LogP contribution is -2.30. The molecule has 0 bridgehead atoms. The Morgan fingerprint density at radius 2 is 1.18 bits per heavy atom. The molecule has 0 aromatic heterocycles. The highest BCUT2D eigenvalue weighted by molar-refractivity contribution is 5.79. The van der Waals surface area contributed by atoms with Crippen molar-refractivity contribution in [2.24, 2.45) is 16.6 Å². The molecule has 2 rings (SSSR count). The van der Waals surface area contributed by atoms with Gasteiger partial charge in [0.15, 0.2) is 0 Å². The van der Waals surface area contributed by atoms with Gasteiger partial charge in [-0.3, -0.25) is 9.59 Å². The van der Waals surface area contributed by atoms with Crippen molar-refractivity contribution in [2.45, 2.75) is 130 Å². The van der Waals surface area contributed by atoms with E-state index < -0.39 is 5.41 Å². The van der Waals surface area contributed by atoms with E-state index in [-0.39, 0.29) is 53.1 Å². The number of esters is 1. The number of phenols is 1. The van der Waals surface area contributed by atoms with Crippen molar-refractivity contribution in [3.63, 3.8) is 0 Å². The minimum atomic E-state index is -0.404. The number of hydrogen-bond donors (Lipinski definition) is 2. The Morgan fingerprint density at radius 1 is 0.775 bits per heavy atom. The highest BCUT2D eigenvalue weighted by Gasteiger charge is 2.28. The van der Waals surface area contributed by atoms with Crippen LogP contribution in [0.3, 0.4) is 0 Å². The highest BCUT2D eigenvalue weighted by atomic mass is 16.5. The number of phenolic OH excluding ortho intramolecular Hbond substituents is 1. The number of rotatable bonds is 8. The third kappa shape index (κ3) is 17.0. The Morgan fingerprint density at radius 3 is 1.50 bits per heavy atom. The number of aryl methyl sites for hydroxylation is 1. The van der Waals surface area contributed by atoms with E-state index in [1.807, 2.05) is 91.8 Å². The lowest BCUT2D eigenvalue weighted by molar-refractivity contribution is -0.159. The summed E-state index contributed by atoms with van der Waals surface area (Å²) < 4.78 is 5.49. The van der Waals surface area contributed by atoms with Gasteiger partial charge in [-0.05, 0) is 76.1 Å². The van der Waals surface area contributed by atoms with Gasteiger partial charge in [0.25, 0.3) is 0 Å². The van der Waals surface area contributed by atoms with Gasteiger partial charge in [-0.2, -0.15) is 0 Å². The summed E-state index contributed by atoms with van der Waals surface area (Å²) in [6, 6.07) is 15.5. The van der Waals surface area contributed by atoms with Crippen LogP contribution in [0.1, 0.15) is 140 Å². The van der Waals surface area contributed by atoms with Gasteiger partial charge in [-0.1, -0.05) is 113 Å². The Hall–Kier alpha value is -2.82. The quantitative estimate of drug-likeness (QED) is 0.313. The number of ether oxygens (including phenoxy) is 1. The molecule has 0 fully saturated rings. The average Bonchev–Trinajstić information content (AvgIpc) is 2.85. The fraction of sp³-hybridized carbons (Fsp3) is 0.600. The third-order valence-corrected chi connectivity index (χ3v) is 6.89. The standard InChI is InChI=1S/C15H22O2.C10H14O.C6H13NO.4CH4/c1-6-15(4,5)14(16)17-12(3)13-9-7-11(2)8-10-13;1-3-8(2)9-4-6-10(11)7-5-9;1-4-6(2,3)5(7)8;;;;/h7-10,12H,6H2,1-5H3;4-8,11H,3H2,1-2H3;4H2,1-3H3,(H2,7,8);4*1H4. The van der Waals surface area contributed by atoms with Crippen molar-refractivity contribution >= 4 is 11.9 Å². The van der Waals surface area contributed by atoms with E-state index in [1.54, 1.807) is 12.1 Å². The fourth-order valence-electron chi connectivity index (χ4n) is 2.58. The number of aromatic hydroxyl groups is 1. The number of amides is 1. The van der Waals surface area contributed by atoms with Gasteiger partial charge in [-0.15, -0.1) is 0 Å². The normalized spacial score (nSPS) is 11.4. The Kier molecular flexibility index (Phi) is 25.8. The molecule has 1 amide bonds. The van der Waals surface area contributed by atoms with Gasteiger partial charge in [0, 0.05) is 5.41 Å². The monoisotopic (exact) mass is 563 g/mol. The van der Waals surface area contributed by atoms with E-state index in [9.17, 15) is 9.59 Å². The molecule has 0 aliphatic rings. The molecule has 2 aromatic rings. The molecule has 0 aliphatic heterocycles. The molecular weight excluding hydrogens is 498 g/mol. The molecule has 0 aliphatic carbocycles. The van der Waals surface area contributed by atoms with Gasteiger partial charge >= 0.3 is 5.97 Å². The zero-order chi connectivity index (χ0) is 28.1. The molecular formula is C35H65NO4. The van der Waals surface area contributed by atoms with Crippen LogP contribution >= 0.6 is 0 Å². The maximum Gasteiger partial charge on any atom is 0.312 e. The molecule has 3 N–H and O–H groups in total. The number of carbonyl (C=O) groups excluding carboxylic acids is 2. The SMILES string of the molecule is C.C.C.C.CCC(C)(C)C(=O)OC(C)c1ccc(C)cc1.CCC(C)(C)C(N)=O.CCC(C)c1ccc(O)cc1. The van der Waals surface area contributed by atoms with E-state index in [4.69, 9.17) is 15.6 Å². The summed E-state index contributed by atoms with van der Waals surface area (Å²) in [4.78, 5) is 22.4. The third-order valence-electron chi connectivity index (χ3n) is 6.89. The molecule has 40 heavy (non-hydrogen) atoms. The van der Waals surface area contributed by atoms with Crippen molar-refractivity contribution in [1.82, 2.24) is 0 Å². The van der Waals surface area contributed by atoms with Crippen LogP contribution in [0.4, 0.5) is 0 Å². The van der Waals surface area contributed by atoms with Crippen LogP contribution in [0.25, 0.3) is 0 Å². The molecule has 0 saturated heterocycles. The largest absolute Gasteiger partial charge is 0.508 e. The van der Waals surface area contributed by atoms with Crippen molar-refractivity contribution in [1.29, 1.82) is 0 Å². The molecule has 0 radical (unpaired) electrons. The Labute approximate surface area is 248 Å². The summed E-state index contributed by atoms with van der Waals surface area (Å²) in [5.74, 6) is 0.584. The smallest absolute Gasteiger partial charge is 0.312 e. The molecule has 234 valence electrons. The predicted octanol–water partition coefficient (Wildman–Crippen LogP) is 10.4. The first kappa shape index (κ1) is 47.0. The topological polar surface area (TPSA) is 89.6 Å². The second-order valence-electron chi connectivity index (χ2n) is 10.7. The molecule has 2 aromatic carbocycles. The van der Waals surface area contributed by atoms with Crippen LogP contribution < -0.4 is 5.73 Å². The number of carbonyl (C=O) groups is 2. The summed E-state index contributed by atoms with van der Waals surface area (Å²) >= 11 is 0. The first-order valence-electron chi connectivity index (χ1n) is 13.0. The lowest BCUT2D eigenvalue weighted by Gasteiger charge is -2.23. The van der Waals surface area contributed by atoms with E-state index >= 15 is 0 Å². The highest BCUT2D eigenvalue weighted by Crippen LogP contribution is 2.26. The molecule has 5 nitrogen and oxygen atoms in total. The predicted molar refractivity (Wildman–Crippen MR) is 177 cm³/mol. The summed E-state index contributed by atoms with van der Waals surface area (Å²) in [5, 5.41) is 9.01. The zero-order valence-electron chi connectivity index (χ0n) is 24.1. The average molecular weight is 564 g/mol. The maximum absolute atomic E-state index is 11.9. The molecule has 2 atom stereocenters. The van der Waals surface area contributed by atoms with Crippen molar-refractivity contribution in [2.75, 3.05) is 0 Å². The Bertz CT molecular complexity index is 915. The second-order valence-corrected chi connectivity index (χ2v) is 10.7. The minimum absolute atomic E-state index is 0. The lowest BCUT2D eigenvalue weighted by atomic mass is 9.90. The minimum Gasteiger partial charge on any atom is -0.508 e. The number of hydrogen-bond acceptors (Lipinski definition) is 4. The number of benzene rings is 2. The van der Waals surface area contributed by atoms with E-state index in [2.05, 4.69) is 13.8 Å². The molecule has 0 saturated carbocycles. The molecule has 2 unspecified atom stereocenters. The van der Waals surface area contributed by atoms with Crippen LogP contribution in [0.2, 0.25) is 0 Å². The van der Waals surface area contributed by atoms with Crippen LogP contribution in [-0.4, -0.2) is 17.0 Å². The van der Waals surface area contributed by atoms with Gasteiger partial charge in [-0.25, -0.2) is 0 Å². The molecule has 5 heteroatoms. The summed E-state index contributed by atoms with van der Waals surface area (Å²) in [7, 11) is 0. The summed E-state index contributed by atoms with van der Waals surface area (Å²) in [6.45, 7) is 19.8. The first-order chi connectivity index (χ1) is 16.6. The van der Waals surface area contributed by atoms with Crippen LogP contribution in [-0.2, 0) is 14.3 Å². The molecule has 0 spiro atoms. The van der Waals surface area contributed by atoms with Crippen LogP contribution in [0, 0.1) is 17.8 Å². The number of nitrogens with two attached hydrogens (primary N) is 1. The van der Waals surface area contributed by atoms with Crippen molar-refractivity contribution in [3.05, 3.63) is 65.2 Å². The second kappa shape index (κ2) is 21.9. The summed E-state index contributed by atoms with van der Waals surface area (Å²) in [5.41, 5.74) is 7.86. The van der Waals surface area contributed by atoms with E-state index in [1.165, 1.54) is 11.1 Å². The van der Waals surface area contributed by atoms with E-state index in [0.29, 0.717) is 11.7 Å². The fourth-order valence-corrected chi connectivity index (χ4v) is 2.58. The Balaban J connectivity index is -0.000000156. The van der Waals surface area contributed by atoms with Crippen LogP contribution in [0.15, 0.2) is 48.5 Å². The van der Waals surface area contributed by atoms with Gasteiger partial charge in [0.1, 0.15) is 11.9 Å². The van der Waals surface area contributed by atoms with Crippen molar-refractivity contribution in [3.8, 4) is 5.75 Å².